The normalized spacial score (nSPS) is 10.7. The van der Waals surface area contributed by atoms with E-state index in [9.17, 15) is 4.79 Å². The summed E-state index contributed by atoms with van der Waals surface area (Å²) in [5, 5.41) is 2.88. The molecule has 2 aromatic heterocycles. The smallest absolute Gasteiger partial charge is 0.293 e. The Hall–Kier alpha value is -2.40. The lowest BCUT2D eigenvalue weighted by atomic mass is 10.2. The van der Waals surface area contributed by atoms with Crippen LogP contribution in [0.25, 0.3) is 11.1 Å². The van der Waals surface area contributed by atoms with Gasteiger partial charge < -0.3 is 9.73 Å². The van der Waals surface area contributed by atoms with Crippen LogP contribution in [0.3, 0.4) is 0 Å². The second-order valence-electron chi connectivity index (χ2n) is 4.19. The number of nitrogens with one attached hydrogen (secondary N) is 1. The van der Waals surface area contributed by atoms with Gasteiger partial charge in [0.1, 0.15) is 5.52 Å². The van der Waals surface area contributed by atoms with Gasteiger partial charge in [-0.3, -0.25) is 9.78 Å². The molecule has 0 bridgehead atoms. The highest BCUT2D eigenvalue weighted by molar-refractivity contribution is 6.28. The van der Waals surface area contributed by atoms with Gasteiger partial charge in [0.25, 0.3) is 11.3 Å². The van der Waals surface area contributed by atoms with Gasteiger partial charge in [-0.1, -0.05) is 6.07 Å². The van der Waals surface area contributed by atoms with Gasteiger partial charge in [-0.15, -0.1) is 0 Å². The topological polar surface area (TPSA) is 68.0 Å². The number of aromatic nitrogens is 2. The van der Waals surface area contributed by atoms with Crippen LogP contribution in [0.4, 0.5) is 0 Å². The number of hydrogen-bond acceptors (Lipinski definition) is 4. The minimum Gasteiger partial charge on any atom is -0.428 e. The molecular weight excluding hydrogens is 278 g/mol. The Balaban J connectivity index is 1.75. The van der Waals surface area contributed by atoms with E-state index in [1.807, 2.05) is 12.1 Å². The van der Waals surface area contributed by atoms with Gasteiger partial charge in [-0.25, -0.2) is 0 Å². The number of pyridine rings is 1. The fourth-order valence-electron chi connectivity index (χ4n) is 1.82. The summed E-state index contributed by atoms with van der Waals surface area (Å²) in [5.74, 6) is -0.191. The van der Waals surface area contributed by atoms with Crippen LogP contribution >= 0.6 is 11.6 Å². The number of benzene rings is 1. The first-order chi connectivity index (χ1) is 9.72. The Morgan fingerprint density at radius 3 is 3.05 bits per heavy atom. The molecule has 20 heavy (non-hydrogen) atoms. The fourth-order valence-corrected chi connectivity index (χ4v) is 2.00. The highest BCUT2D eigenvalue weighted by Crippen LogP contribution is 2.20. The first-order valence-electron chi connectivity index (χ1n) is 5.95. The minimum atomic E-state index is -0.191. The molecule has 0 aliphatic rings. The molecule has 0 unspecified atom stereocenters. The van der Waals surface area contributed by atoms with Crippen molar-refractivity contribution in [3.63, 3.8) is 0 Å². The van der Waals surface area contributed by atoms with Crippen LogP contribution in [-0.4, -0.2) is 15.9 Å². The number of fused-ring (bicyclic) bond motifs is 1. The molecule has 0 spiro atoms. The molecule has 6 heteroatoms. The second kappa shape index (κ2) is 5.30. The predicted molar refractivity (Wildman–Crippen MR) is 74.4 cm³/mol. The minimum absolute atomic E-state index is 0.0629. The molecule has 100 valence electrons. The molecule has 0 saturated heterocycles. The van der Waals surface area contributed by atoms with E-state index in [4.69, 9.17) is 16.0 Å². The molecule has 0 radical (unpaired) electrons. The lowest BCUT2D eigenvalue weighted by molar-refractivity contribution is 0.0951. The van der Waals surface area contributed by atoms with Gasteiger partial charge in [0.2, 0.25) is 0 Å². The summed E-state index contributed by atoms with van der Waals surface area (Å²) in [6.45, 7) is 0.419. The molecule has 1 amide bonds. The summed E-state index contributed by atoms with van der Waals surface area (Å²) >= 11 is 5.67. The van der Waals surface area contributed by atoms with Crippen molar-refractivity contribution < 1.29 is 9.21 Å². The van der Waals surface area contributed by atoms with Crippen molar-refractivity contribution >= 4 is 28.6 Å². The van der Waals surface area contributed by atoms with Crippen LogP contribution in [0.5, 0.6) is 0 Å². The Kier molecular flexibility index (Phi) is 3.35. The van der Waals surface area contributed by atoms with Crippen molar-refractivity contribution in [3.05, 3.63) is 59.2 Å². The van der Waals surface area contributed by atoms with Crippen molar-refractivity contribution in [1.82, 2.24) is 15.3 Å². The Labute approximate surface area is 119 Å². The Bertz CT molecular complexity index is 755. The van der Waals surface area contributed by atoms with Crippen molar-refractivity contribution in [2.24, 2.45) is 0 Å². The fraction of sp³-hybridized carbons (Fsp3) is 0.0714. The first-order valence-corrected chi connectivity index (χ1v) is 6.33. The maximum absolute atomic E-state index is 12.0. The third kappa shape index (κ3) is 2.62. The van der Waals surface area contributed by atoms with Crippen molar-refractivity contribution in [1.29, 1.82) is 0 Å². The summed E-state index contributed by atoms with van der Waals surface area (Å²) in [7, 11) is 0. The van der Waals surface area contributed by atoms with E-state index in [1.54, 1.807) is 30.6 Å². The molecule has 2 heterocycles. The number of rotatable bonds is 3. The average molecular weight is 288 g/mol. The van der Waals surface area contributed by atoms with Crippen molar-refractivity contribution in [2.75, 3.05) is 0 Å². The third-order valence-corrected chi connectivity index (χ3v) is 2.96. The molecule has 0 fully saturated rings. The third-order valence-electron chi connectivity index (χ3n) is 2.80. The summed E-state index contributed by atoms with van der Waals surface area (Å²) in [6, 6.07) is 8.72. The van der Waals surface area contributed by atoms with Crippen LogP contribution in [-0.2, 0) is 6.54 Å². The highest BCUT2D eigenvalue weighted by Gasteiger charge is 2.09. The van der Waals surface area contributed by atoms with Crippen molar-refractivity contribution in [3.8, 4) is 0 Å². The molecule has 3 rings (SSSR count). The van der Waals surface area contributed by atoms with Crippen LogP contribution < -0.4 is 5.32 Å². The lowest BCUT2D eigenvalue weighted by Crippen LogP contribution is -2.22. The summed E-state index contributed by atoms with van der Waals surface area (Å²) in [5.41, 5.74) is 2.54. The molecule has 0 aliphatic carbocycles. The van der Waals surface area contributed by atoms with E-state index in [2.05, 4.69) is 15.3 Å². The van der Waals surface area contributed by atoms with Crippen LogP contribution in [0.2, 0.25) is 5.35 Å². The van der Waals surface area contributed by atoms with E-state index >= 15 is 0 Å². The Morgan fingerprint density at radius 2 is 2.25 bits per heavy atom. The maximum Gasteiger partial charge on any atom is 0.293 e. The van der Waals surface area contributed by atoms with Gasteiger partial charge >= 0.3 is 0 Å². The van der Waals surface area contributed by atoms with E-state index in [-0.39, 0.29) is 11.3 Å². The first kappa shape index (κ1) is 12.6. The molecule has 0 saturated carbocycles. The zero-order valence-corrected chi connectivity index (χ0v) is 11.1. The molecule has 5 nitrogen and oxygen atoms in total. The summed E-state index contributed by atoms with van der Waals surface area (Å²) in [4.78, 5) is 20.0. The number of oxazole rings is 1. The zero-order chi connectivity index (χ0) is 13.9. The number of hydrogen-bond donors (Lipinski definition) is 1. The molecule has 0 atom stereocenters. The van der Waals surface area contributed by atoms with E-state index in [1.165, 1.54) is 0 Å². The highest BCUT2D eigenvalue weighted by atomic mass is 35.5. The number of nitrogens with zero attached hydrogens (tertiary/aromatic N) is 2. The molecular formula is C14H10ClN3O2. The van der Waals surface area contributed by atoms with Crippen LogP contribution in [0.1, 0.15) is 15.9 Å². The number of halogens is 1. The monoisotopic (exact) mass is 287 g/mol. The number of carbonyl (C=O) groups excluding carboxylic acids is 1. The molecule has 1 aromatic carbocycles. The second-order valence-corrected chi connectivity index (χ2v) is 4.52. The van der Waals surface area contributed by atoms with Crippen LogP contribution in [0.15, 0.2) is 47.1 Å². The Morgan fingerprint density at radius 1 is 1.35 bits per heavy atom. The molecule has 3 aromatic rings. The molecule has 0 aliphatic heterocycles. The van der Waals surface area contributed by atoms with Gasteiger partial charge in [0.05, 0.1) is 0 Å². The van der Waals surface area contributed by atoms with Gasteiger partial charge in [-0.2, -0.15) is 4.98 Å². The maximum atomic E-state index is 12.0. The summed E-state index contributed by atoms with van der Waals surface area (Å²) < 4.78 is 5.19. The SMILES string of the molecule is O=C(NCc1cccnc1)c1ccc2nc(Cl)oc2c1. The largest absolute Gasteiger partial charge is 0.428 e. The quantitative estimate of drug-likeness (QED) is 0.804. The zero-order valence-electron chi connectivity index (χ0n) is 10.3. The molecule has 1 N–H and O–H groups in total. The van der Waals surface area contributed by atoms with Gasteiger partial charge in [-0.05, 0) is 41.4 Å². The standard InChI is InChI=1S/C14H10ClN3O2/c15-14-18-11-4-3-10(6-12(11)20-14)13(19)17-8-9-2-1-5-16-7-9/h1-7H,8H2,(H,17,19). The van der Waals surface area contributed by atoms with E-state index in [0.29, 0.717) is 23.2 Å². The number of amides is 1. The summed E-state index contributed by atoms with van der Waals surface area (Å²) in [6.07, 6.45) is 3.40. The van der Waals surface area contributed by atoms with Gasteiger partial charge in [0.15, 0.2) is 5.58 Å². The average Bonchev–Trinajstić information content (AvgIpc) is 2.85. The van der Waals surface area contributed by atoms with E-state index < -0.39 is 0 Å². The van der Waals surface area contributed by atoms with Crippen LogP contribution in [0, 0.1) is 0 Å². The predicted octanol–water partition coefficient (Wildman–Crippen LogP) is 2.81. The number of carbonyl (C=O) groups is 1. The lowest BCUT2D eigenvalue weighted by Gasteiger charge is -2.04. The van der Waals surface area contributed by atoms with Gasteiger partial charge in [0, 0.05) is 24.5 Å². The van der Waals surface area contributed by atoms with E-state index in [0.717, 1.165) is 5.56 Å². The van der Waals surface area contributed by atoms with Crippen molar-refractivity contribution in [2.45, 2.75) is 6.54 Å².